The first-order valence-electron chi connectivity index (χ1n) is 5.58. The third-order valence-corrected chi connectivity index (χ3v) is 2.65. The molecule has 6 heteroatoms. The van der Waals surface area contributed by atoms with Gasteiger partial charge in [0.15, 0.2) is 0 Å². The molecule has 1 unspecified atom stereocenters. The highest BCUT2D eigenvalue weighted by molar-refractivity contribution is 5.22. The van der Waals surface area contributed by atoms with Crippen LogP contribution in [0.25, 0.3) is 0 Å². The van der Waals surface area contributed by atoms with E-state index in [2.05, 4.69) is 10.4 Å². The summed E-state index contributed by atoms with van der Waals surface area (Å²) in [6, 6.07) is -0.314. The molecule has 1 atom stereocenters. The van der Waals surface area contributed by atoms with Gasteiger partial charge in [0.05, 0.1) is 6.20 Å². The van der Waals surface area contributed by atoms with E-state index in [9.17, 15) is 13.2 Å². The lowest BCUT2D eigenvalue weighted by Gasteiger charge is -2.16. The van der Waals surface area contributed by atoms with E-state index in [4.69, 9.17) is 0 Å². The SMILES string of the molecule is CNC(C)Cc1cnn(C(C)C)c1C(F)(F)F. The maximum atomic E-state index is 13.0. The lowest BCUT2D eigenvalue weighted by Crippen LogP contribution is -2.25. The number of hydrogen-bond donors (Lipinski definition) is 1. The van der Waals surface area contributed by atoms with Crippen LogP contribution in [0.15, 0.2) is 6.20 Å². The van der Waals surface area contributed by atoms with Crippen molar-refractivity contribution in [3.05, 3.63) is 17.5 Å². The van der Waals surface area contributed by atoms with E-state index < -0.39 is 11.9 Å². The summed E-state index contributed by atoms with van der Waals surface area (Å²) >= 11 is 0. The maximum Gasteiger partial charge on any atom is 0.433 e. The van der Waals surface area contributed by atoms with Crippen LogP contribution in [0, 0.1) is 0 Å². The van der Waals surface area contributed by atoms with Gasteiger partial charge in [0.25, 0.3) is 0 Å². The summed E-state index contributed by atoms with van der Waals surface area (Å²) < 4.78 is 40.0. The average molecular weight is 249 g/mol. The zero-order valence-corrected chi connectivity index (χ0v) is 10.5. The predicted octanol–water partition coefficient (Wildman–Crippen LogP) is 2.63. The van der Waals surface area contributed by atoms with Gasteiger partial charge in [-0.15, -0.1) is 0 Å². The Bertz CT molecular complexity index is 369. The first-order chi connectivity index (χ1) is 7.77. The second-order valence-corrected chi connectivity index (χ2v) is 4.45. The molecule has 0 fully saturated rings. The van der Waals surface area contributed by atoms with Crippen LogP contribution in [0.1, 0.15) is 38.1 Å². The van der Waals surface area contributed by atoms with Crippen molar-refractivity contribution in [3.63, 3.8) is 0 Å². The normalized spacial score (nSPS) is 14.4. The van der Waals surface area contributed by atoms with Crippen LogP contribution in [0.2, 0.25) is 0 Å². The van der Waals surface area contributed by atoms with Gasteiger partial charge in [0, 0.05) is 17.6 Å². The smallest absolute Gasteiger partial charge is 0.317 e. The van der Waals surface area contributed by atoms with Gasteiger partial charge >= 0.3 is 6.18 Å². The standard InChI is InChI=1S/C11H18F3N3/c1-7(2)17-10(11(12,13)14)9(6-16-17)5-8(3)15-4/h6-8,15H,5H2,1-4H3. The molecular formula is C11H18F3N3. The van der Waals surface area contributed by atoms with Gasteiger partial charge in [-0.2, -0.15) is 18.3 Å². The molecule has 0 spiro atoms. The predicted molar refractivity (Wildman–Crippen MR) is 59.8 cm³/mol. The van der Waals surface area contributed by atoms with Gasteiger partial charge < -0.3 is 5.32 Å². The van der Waals surface area contributed by atoms with E-state index in [0.717, 1.165) is 4.68 Å². The van der Waals surface area contributed by atoms with Crippen LogP contribution in [0.3, 0.4) is 0 Å². The topological polar surface area (TPSA) is 29.9 Å². The molecule has 1 rings (SSSR count). The fourth-order valence-corrected chi connectivity index (χ4v) is 1.68. The molecule has 1 aromatic heterocycles. The Morgan fingerprint density at radius 3 is 2.35 bits per heavy atom. The zero-order chi connectivity index (χ0) is 13.2. The Balaban J connectivity index is 3.14. The van der Waals surface area contributed by atoms with Gasteiger partial charge in [0.1, 0.15) is 5.69 Å². The van der Waals surface area contributed by atoms with Crippen LogP contribution < -0.4 is 5.32 Å². The lowest BCUT2D eigenvalue weighted by atomic mass is 10.1. The lowest BCUT2D eigenvalue weighted by molar-refractivity contribution is -0.145. The van der Waals surface area contributed by atoms with Gasteiger partial charge in [-0.3, -0.25) is 4.68 Å². The Hall–Kier alpha value is -1.04. The molecule has 0 radical (unpaired) electrons. The molecule has 1 heterocycles. The molecule has 0 aliphatic rings. The number of aromatic nitrogens is 2. The van der Waals surface area contributed by atoms with Gasteiger partial charge in [-0.05, 0) is 34.2 Å². The van der Waals surface area contributed by atoms with Crippen molar-refractivity contribution in [2.24, 2.45) is 0 Å². The summed E-state index contributed by atoms with van der Waals surface area (Å²) in [5.41, 5.74) is -0.386. The fourth-order valence-electron chi connectivity index (χ4n) is 1.68. The van der Waals surface area contributed by atoms with E-state index in [-0.39, 0.29) is 17.6 Å². The Labute approximate surface area is 99.0 Å². The highest BCUT2D eigenvalue weighted by Crippen LogP contribution is 2.33. The molecule has 0 aliphatic carbocycles. The average Bonchev–Trinajstić information content (AvgIpc) is 2.60. The van der Waals surface area contributed by atoms with E-state index in [1.165, 1.54) is 6.20 Å². The molecule has 0 saturated heterocycles. The molecule has 17 heavy (non-hydrogen) atoms. The number of likely N-dealkylation sites (N-methyl/N-ethyl adjacent to an activating group) is 1. The minimum atomic E-state index is -4.36. The molecule has 0 aromatic carbocycles. The summed E-state index contributed by atoms with van der Waals surface area (Å²) in [4.78, 5) is 0. The van der Waals surface area contributed by atoms with Crippen LogP contribution in [0.5, 0.6) is 0 Å². The monoisotopic (exact) mass is 249 g/mol. The summed E-state index contributed by atoms with van der Waals surface area (Å²) in [5.74, 6) is 0. The third-order valence-electron chi connectivity index (χ3n) is 2.65. The van der Waals surface area contributed by atoms with Crippen LogP contribution in [-0.2, 0) is 12.6 Å². The molecule has 0 amide bonds. The van der Waals surface area contributed by atoms with Gasteiger partial charge in [-0.1, -0.05) is 0 Å². The first-order valence-corrected chi connectivity index (χ1v) is 5.58. The second-order valence-electron chi connectivity index (χ2n) is 4.45. The third kappa shape index (κ3) is 3.21. The summed E-state index contributed by atoms with van der Waals surface area (Å²) in [7, 11) is 1.73. The number of halogens is 3. The van der Waals surface area contributed by atoms with Crippen molar-refractivity contribution in [1.82, 2.24) is 15.1 Å². The largest absolute Gasteiger partial charge is 0.433 e. The molecule has 1 N–H and O–H groups in total. The van der Waals surface area contributed by atoms with E-state index in [1.807, 2.05) is 6.92 Å². The summed E-state index contributed by atoms with van der Waals surface area (Å²) in [5, 5.41) is 6.76. The molecular weight excluding hydrogens is 231 g/mol. The quantitative estimate of drug-likeness (QED) is 0.889. The molecule has 0 bridgehead atoms. The van der Waals surface area contributed by atoms with Crippen molar-refractivity contribution in [2.45, 2.75) is 45.5 Å². The molecule has 98 valence electrons. The van der Waals surface area contributed by atoms with Gasteiger partial charge in [0.2, 0.25) is 0 Å². The maximum absolute atomic E-state index is 13.0. The second kappa shape index (κ2) is 5.08. The Kier molecular flexibility index (Phi) is 4.19. The number of hydrogen-bond acceptors (Lipinski definition) is 2. The number of rotatable bonds is 4. The molecule has 0 aliphatic heterocycles. The van der Waals surface area contributed by atoms with Crippen molar-refractivity contribution in [1.29, 1.82) is 0 Å². The zero-order valence-electron chi connectivity index (χ0n) is 10.5. The minimum absolute atomic E-state index is 0.0130. The van der Waals surface area contributed by atoms with Gasteiger partial charge in [-0.25, -0.2) is 0 Å². The number of nitrogens with zero attached hydrogens (tertiary/aromatic N) is 2. The van der Waals surface area contributed by atoms with Crippen molar-refractivity contribution in [3.8, 4) is 0 Å². The number of nitrogens with one attached hydrogen (secondary N) is 1. The highest BCUT2D eigenvalue weighted by atomic mass is 19.4. The summed E-state index contributed by atoms with van der Waals surface area (Å²) in [6.45, 7) is 5.22. The number of alkyl halides is 3. The van der Waals surface area contributed by atoms with Crippen LogP contribution in [-0.4, -0.2) is 22.9 Å². The summed E-state index contributed by atoms with van der Waals surface area (Å²) in [6.07, 6.45) is -2.72. The van der Waals surface area contributed by atoms with Crippen molar-refractivity contribution in [2.75, 3.05) is 7.05 Å². The molecule has 0 saturated carbocycles. The minimum Gasteiger partial charge on any atom is -0.317 e. The Morgan fingerprint density at radius 2 is 1.94 bits per heavy atom. The highest BCUT2D eigenvalue weighted by Gasteiger charge is 2.38. The molecule has 1 aromatic rings. The first kappa shape index (κ1) is 14.0. The van der Waals surface area contributed by atoms with Crippen LogP contribution >= 0.6 is 0 Å². The fraction of sp³-hybridized carbons (Fsp3) is 0.727. The van der Waals surface area contributed by atoms with E-state index >= 15 is 0 Å². The van der Waals surface area contributed by atoms with E-state index in [1.54, 1.807) is 20.9 Å². The Morgan fingerprint density at radius 1 is 1.35 bits per heavy atom. The van der Waals surface area contributed by atoms with Crippen molar-refractivity contribution >= 4 is 0 Å². The molecule has 3 nitrogen and oxygen atoms in total. The van der Waals surface area contributed by atoms with E-state index in [0.29, 0.717) is 6.42 Å². The van der Waals surface area contributed by atoms with Crippen LogP contribution in [0.4, 0.5) is 13.2 Å². The van der Waals surface area contributed by atoms with Crippen molar-refractivity contribution < 1.29 is 13.2 Å².